The average molecular weight is 460 g/mol. The molecule has 0 unspecified atom stereocenters. The van der Waals surface area contributed by atoms with Gasteiger partial charge in [-0.3, -0.25) is 9.59 Å². The zero-order valence-corrected chi connectivity index (χ0v) is 20.1. The second-order valence-electron chi connectivity index (χ2n) is 9.15. The summed E-state index contributed by atoms with van der Waals surface area (Å²) in [6.07, 6.45) is 1.90. The molecule has 6 nitrogen and oxygen atoms in total. The van der Waals surface area contributed by atoms with Crippen LogP contribution in [0, 0.1) is 5.41 Å². The highest BCUT2D eigenvalue weighted by molar-refractivity contribution is 5.97. The number of nitrogens with one attached hydrogen (secondary N) is 3. The van der Waals surface area contributed by atoms with E-state index in [1.807, 2.05) is 63.2 Å². The van der Waals surface area contributed by atoms with E-state index in [0.29, 0.717) is 18.0 Å². The molecular weight excluding hydrogens is 426 g/mol. The van der Waals surface area contributed by atoms with Gasteiger partial charge in [0.05, 0.1) is 13.2 Å². The third kappa shape index (κ3) is 8.28. The highest BCUT2D eigenvalue weighted by Crippen LogP contribution is 2.21. The Morgan fingerprint density at radius 2 is 1.47 bits per heavy atom. The number of hydrogen-bond acceptors (Lipinski definition) is 4. The predicted octanol–water partition coefficient (Wildman–Crippen LogP) is 5.73. The normalized spacial score (nSPS) is 10.9. The van der Waals surface area contributed by atoms with Crippen LogP contribution in [0.1, 0.15) is 32.8 Å². The lowest BCUT2D eigenvalue weighted by atomic mass is 9.95. The van der Waals surface area contributed by atoms with Gasteiger partial charge in [-0.25, -0.2) is 0 Å². The fraction of sp³-hybridized carbons (Fsp3) is 0.286. The first-order chi connectivity index (χ1) is 16.3. The molecule has 0 spiro atoms. The summed E-state index contributed by atoms with van der Waals surface area (Å²) >= 11 is 0. The number of ether oxygens (including phenoxy) is 1. The van der Waals surface area contributed by atoms with E-state index >= 15 is 0 Å². The van der Waals surface area contributed by atoms with Crippen molar-refractivity contribution < 1.29 is 14.3 Å². The topological polar surface area (TPSA) is 79.5 Å². The molecule has 0 heterocycles. The summed E-state index contributed by atoms with van der Waals surface area (Å²) in [6.45, 7) is 6.29. The first-order valence-corrected chi connectivity index (χ1v) is 11.5. The monoisotopic (exact) mass is 459 g/mol. The molecule has 0 bridgehead atoms. The zero-order valence-electron chi connectivity index (χ0n) is 20.1. The molecule has 3 N–H and O–H groups in total. The standard InChI is InChI=1S/C28H33N3O3/c1-28(2,3)27(33)31-24-15-7-14-23(18-24)30-26(32)20-29-22-13-8-16-25(19-22)34-17-9-12-21-10-5-4-6-11-21/h4-8,10-11,13-16,18-19,29H,9,12,17,20H2,1-3H3,(H,30,32)(H,31,33). The zero-order chi connectivity index (χ0) is 24.4. The number of aryl methyl sites for hydroxylation is 1. The van der Waals surface area contributed by atoms with E-state index in [2.05, 4.69) is 28.1 Å². The van der Waals surface area contributed by atoms with Gasteiger partial charge in [0.15, 0.2) is 0 Å². The minimum absolute atomic E-state index is 0.0835. The summed E-state index contributed by atoms with van der Waals surface area (Å²) in [4.78, 5) is 24.6. The molecule has 0 aliphatic carbocycles. The Morgan fingerprint density at radius 3 is 2.21 bits per heavy atom. The first-order valence-electron chi connectivity index (χ1n) is 11.5. The van der Waals surface area contributed by atoms with Crippen molar-refractivity contribution in [3.05, 3.63) is 84.4 Å². The van der Waals surface area contributed by atoms with Crippen molar-refractivity contribution in [3.63, 3.8) is 0 Å². The highest BCUT2D eigenvalue weighted by atomic mass is 16.5. The summed E-state index contributed by atoms with van der Waals surface area (Å²) in [5, 5.41) is 8.85. The Morgan fingerprint density at radius 1 is 0.794 bits per heavy atom. The van der Waals surface area contributed by atoms with Crippen LogP contribution in [0.15, 0.2) is 78.9 Å². The Balaban J connectivity index is 1.44. The minimum Gasteiger partial charge on any atom is -0.494 e. The van der Waals surface area contributed by atoms with Crippen LogP contribution in [-0.4, -0.2) is 25.0 Å². The van der Waals surface area contributed by atoms with Crippen LogP contribution < -0.4 is 20.7 Å². The number of benzene rings is 3. The van der Waals surface area contributed by atoms with Crippen molar-refractivity contribution in [1.29, 1.82) is 0 Å². The Hall–Kier alpha value is -3.80. The molecule has 0 aliphatic heterocycles. The average Bonchev–Trinajstić information content (AvgIpc) is 2.81. The van der Waals surface area contributed by atoms with E-state index < -0.39 is 5.41 Å². The van der Waals surface area contributed by atoms with Crippen LogP contribution in [-0.2, 0) is 16.0 Å². The van der Waals surface area contributed by atoms with Crippen LogP contribution in [0.4, 0.5) is 17.1 Å². The maximum Gasteiger partial charge on any atom is 0.243 e. The summed E-state index contributed by atoms with van der Waals surface area (Å²) < 4.78 is 5.86. The molecule has 178 valence electrons. The second kappa shape index (κ2) is 11.9. The lowest BCUT2D eigenvalue weighted by molar-refractivity contribution is -0.123. The van der Waals surface area contributed by atoms with Crippen LogP contribution in [0.3, 0.4) is 0 Å². The van der Waals surface area contributed by atoms with Gasteiger partial charge >= 0.3 is 0 Å². The molecule has 3 rings (SSSR count). The van der Waals surface area contributed by atoms with Crippen molar-refractivity contribution in [2.24, 2.45) is 5.41 Å². The summed E-state index contributed by atoms with van der Waals surface area (Å²) in [5.41, 5.74) is 2.87. The van der Waals surface area contributed by atoms with E-state index in [4.69, 9.17) is 4.74 Å². The SMILES string of the molecule is CC(C)(C)C(=O)Nc1cccc(NC(=O)CNc2cccc(OCCCc3ccccc3)c2)c1. The van der Waals surface area contributed by atoms with Gasteiger partial charge in [-0.05, 0) is 48.7 Å². The maximum absolute atomic E-state index is 12.4. The van der Waals surface area contributed by atoms with Gasteiger partial charge < -0.3 is 20.7 Å². The van der Waals surface area contributed by atoms with Gasteiger partial charge in [-0.15, -0.1) is 0 Å². The molecule has 0 aliphatic rings. The Bertz CT molecular complexity index is 1090. The smallest absolute Gasteiger partial charge is 0.243 e. The van der Waals surface area contributed by atoms with Crippen LogP contribution >= 0.6 is 0 Å². The Kier molecular flexibility index (Phi) is 8.68. The molecule has 34 heavy (non-hydrogen) atoms. The third-order valence-electron chi connectivity index (χ3n) is 5.09. The molecule has 3 aromatic rings. The quantitative estimate of drug-likeness (QED) is 0.338. The minimum atomic E-state index is -0.497. The van der Waals surface area contributed by atoms with Gasteiger partial charge in [0.1, 0.15) is 5.75 Å². The van der Waals surface area contributed by atoms with Crippen LogP contribution in [0.2, 0.25) is 0 Å². The number of carbonyl (C=O) groups excluding carboxylic acids is 2. The molecule has 0 atom stereocenters. The number of carbonyl (C=O) groups is 2. The number of rotatable bonds is 10. The number of hydrogen-bond donors (Lipinski definition) is 3. The molecular formula is C28H33N3O3. The van der Waals surface area contributed by atoms with Crippen molar-refractivity contribution >= 4 is 28.9 Å². The fourth-order valence-corrected chi connectivity index (χ4v) is 3.19. The molecule has 0 aromatic heterocycles. The maximum atomic E-state index is 12.4. The molecule has 0 fully saturated rings. The molecule has 6 heteroatoms. The summed E-state index contributed by atoms with van der Waals surface area (Å²) in [6, 6.07) is 25.0. The van der Waals surface area contributed by atoms with Crippen LogP contribution in [0.25, 0.3) is 0 Å². The fourth-order valence-electron chi connectivity index (χ4n) is 3.19. The lowest BCUT2D eigenvalue weighted by Crippen LogP contribution is -2.27. The summed E-state index contributed by atoms with van der Waals surface area (Å²) in [7, 11) is 0. The van der Waals surface area contributed by atoms with E-state index in [0.717, 1.165) is 24.3 Å². The first kappa shape index (κ1) is 24.8. The molecule has 0 radical (unpaired) electrons. The van der Waals surface area contributed by atoms with Crippen molar-refractivity contribution in [1.82, 2.24) is 0 Å². The largest absolute Gasteiger partial charge is 0.494 e. The van der Waals surface area contributed by atoms with Gasteiger partial charge in [-0.1, -0.05) is 63.2 Å². The lowest BCUT2D eigenvalue weighted by Gasteiger charge is -2.18. The van der Waals surface area contributed by atoms with Gasteiger partial charge in [0, 0.05) is 28.5 Å². The molecule has 0 saturated heterocycles. The third-order valence-corrected chi connectivity index (χ3v) is 5.09. The van der Waals surface area contributed by atoms with Crippen molar-refractivity contribution in [3.8, 4) is 5.75 Å². The highest BCUT2D eigenvalue weighted by Gasteiger charge is 2.21. The number of amides is 2. The Labute approximate surface area is 201 Å². The van der Waals surface area contributed by atoms with Crippen molar-refractivity contribution in [2.75, 3.05) is 29.1 Å². The molecule has 0 saturated carbocycles. The van der Waals surface area contributed by atoms with Gasteiger partial charge in [0.2, 0.25) is 11.8 Å². The van der Waals surface area contributed by atoms with E-state index in [9.17, 15) is 9.59 Å². The van der Waals surface area contributed by atoms with E-state index in [1.54, 1.807) is 24.3 Å². The predicted molar refractivity (Wildman–Crippen MR) is 138 cm³/mol. The molecule has 2 amide bonds. The van der Waals surface area contributed by atoms with E-state index in [-0.39, 0.29) is 18.4 Å². The van der Waals surface area contributed by atoms with Gasteiger partial charge in [-0.2, -0.15) is 0 Å². The number of anilines is 3. The van der Waals surface area contributed by atoms with Crippen LogP contribution in [0.5, 0.6) is 5.75 Å². The molecule has 3 aromatic carbocycles. The summed E-state index contributed by atoms with van der Waals surface area (Å²) in [5.74, 6) is 0.494. The van der Waals surface area contributed by atoms with E-state index in [1.165, 1.54) is 5.56 Å². The second-order valence-corrected chi connectivity index (χ2v) is 9.15. The van der Waals surface area contributed by atoms with Gasteiger partial charge in [0.25, 0.3) is 0 Å². The van der Waals surface area contributed by atoms with Crippen molar-refractivity contribution in [2.45, 2.75) is 33.6 Å².